The standard InChI is InChI=1S/C19H25NO4S/c1-4-25-14-10-13-15(19(2,3)23)17(21)20(13)16(14)18(22)24-11-12-8-6-5-7-9-12/h5-9,13-16,23H,4,10-11H2,1-3H3. The van der Waals surface area contributed by atoms with E-state index in [9.17, 15) is 14.7 Å². The quantitative estimate of drug-likeness (QED) is 0.620. The summed E-state index contributed by atoms with van der Waals surface area (Å²) in [4.78, 5) is 26.9. The van der Waals surface area contributed by atoms with Gasteiger partial charge in [0.15, 0.2) is 0 Å². The van der Waals surface area contributed by atoms with Crippen molar-refractivity contribution in [2.75, 3.05) is 5.75 Å². The molecule has 0 aliphatic carbocycles. The maximum atomic E-state index is 12.7. The first-order chi connectivity index (χ1) is 11.8. The Morgan fingerprint density at radius 2 is 2.04 bits per heavy atom. The van der Waals surface area contributed by atoms with Crippen molar-refractivity contribution in [2.45, 2.75) is 56.7 Å². The maximum Gasteiger partial charge on any atom is 0.330 e. The van der Waals surface area contributed by atoms with Gasteiger partial charge in [0, 0.05) is 11.3 Å². The minimum Gasteiger partial charge on any atom is -0.459 e. The number of ether oxygens (including phenoxy) is 1. The van der Waals surface area contributed by atoms with E-state index >= 15 is 0 Å². The monoisotopic (exact) mass is 363 g/mol. The smallest absolute Gasteiger partial charge is 0.330 e. The Kier molecular flexibility index (Phi) is 5.11. The first-order valence-corrected chi connectivity index (χ1v) is 9.76. The average Bonchev–Trinajstić information content (AvgIpc) is 2.86. The summed E-state index contributed by atoms with van der Waals surface area (Å²) >= 11 is 1.68. The minimum atomic E-state index is -1.07. The van der Waals surface area contributed by atoms with Gasteiger partial charge < -0.3 is 14.7 Å². The van der Waals surface area contributed by atoms with Crippen molar-refractivity contribution in [3.05, 3.63) is 35.9 Å². The highest BCUT2D eigenvalue weighted by Crippen LogP contribution is 2.47. The van der Waals surface area contributed by atoms with Crippen LogP contribution in [0, 0.1) is 5.92 Å². The third kappa shape index (κ3) is 3.42. The highest BCUT2D eigenvalue weighted by molar-refractivity contribution is 7.99. The van der Waals surface area contributed by atoms with Gasteiger partial charge in [-0.3, -0.25) is 4.79 Å². The second-order valence-corrected chi connectivity index (χ2v) is 8.73. The van der Waals surface area contributed by atoms with E-state index < -0.39 is 17.6 Å². The van der Waals surface area contributed by atoms with Crippen LogP contribution in [-0.4, -0.2) is 50.6 Å². The molecule has 1 N–H and O–H groups in total. The van der Waals surface area contributed by atoms with Crippen molar-refractivity contribution in [1.82, 2.24) is 4.90 Å². The fourth-order valence-corrected chi connectivity index (χ4v) is 5.12. The zero-order chi connectivity index (χ0) is 18.2. The average molecular weight is 363 g/mol. The molecule has 2 aliphatic rings. The number of rotatable bonds is 6. The maximum absolute atomic E-state index is 12.7. The molecule has 3 rings (SSSR count). The number of aliphatic hydroxyl groups is 1. The van der Waals surface area contributed by atoms with Crippen LogP contribution in [-0.2, 0) is 20.9 Å². The van der Waals surface area contributed by atoms with Gasteiger partial charge in [0.1, 0.15) is 12.6 Å². The number of carbonyl (C=O) groups excluding carboxylic acids is 2. The van der Waals surface area contributed by atoms with Crippen molar-refractivity contribution in [3.8, 4) is 0 Å². The molecule has 2 fully saturated rings. The van der Waals surface area contributed by atoms with E-state index in [0.717, 1.165) is 17.7 Å². The summed E-state index contributed by atoms with van der Waals surface area (Å²) in [6.07, 6.45) is 0.726. The molecule has 0 saturated carbocycles. The van der Waals surface area contributed by atoms with Crippen LogP contribution in [0.1, 0.15) is 32.8 Å². The van der Waals surface area contributed by atoms with Gasteiger partial charge in [-0.2, -0.15) is 11.8 Å². The molecule has 1 aromatic rings. The Hall–Kier alpha value is -1.53. The minimum absolute atomic E-state index is 0.0228. The molecule has 1 amide bonds. The summed E-state index contributed by atoms with van der Waals surface area (Å²) in [6, 6.07) is 8.89. The lowest BCUT2D eigenvalue weighted by atomic mass is 9.76. The molecule has 2 heterocycles. The summed E-state index contributed by atoms with van der Waals surface area (Å²) < 4.78 is 5.50. The molecule has 0 aromatic heterocycles. The van der Waals surface area contributed by atoms with Gasteiger partial charge in [-0.25, -0.2) is 4.79 Å². The number of amides is 1. The summed E-state index contributed by atoms with van der Waals surface area (Å²) in [7, 11) is 0. The number of benzene rings is 1. The lowest BCUT2D eigenvalue weighted by Crippen LogP contribution is -2.67. The number of esters is 1. The molecule has 0 bridgehead atoms. The third-order valence-corrected chi connectivity index (χ3v) is 6.21. The van der Waals surface area contributed by atoms with Gasteiger partial charge in [-0.1, -0.05) is 37.3 Å². The van der Waals surface area contributed by atoms with Crippen LogP contribution in [0.25, 0.3) is 0 Å². The predicted molar refractivity (Wildman–Crippen MR) is 97.0 cm³/mol. The number of fused-ring (bicyclic) bond motifs is 1. The van der Waals surface area contributed by atoms with Gasteiger partial charge in [-0.15, -0.1) is 0 Å². The van der Waals surface area contributed by atoms with Crippen molar-refractivity contribution >= 4 is 23.6 Å². The zero-order valence-corrected chi connectivity index (χ0v) is 15.7. The fourth-order valence-electron chi connectivity index (χ4n) is 3.93. The van der Waals surface area contributed by atoms with Crippen molar-refractivity contribution in [1.29, 1.82) is 0 Å². The van der Waals surface area contributed by atoms with Crippen LogP contribution in [0.2, 0.25) is 0 Å². The molecule has 6 heteroatoms. The number of β-lactam (4-membered cyclic amide) rings is 1. The number of thioether (sulfide) groups is 1. The molecule has 1 aromatic carbocycles. The van der Waals surface area contributed by atoms with Gasteiger partial charge >= 0.3 is 5.97 Å². The highest BCUT2D eigenvalue weighted by Gasteiger charge is 2.63. The van der Waals surface area contributed by atoms with Crippen LogP contribution >= 0.6 is 11.8 Å². The molecular weight excluding hydrogens is 338 g/mol. The van der Waals surface area contributed by atoms with Gasteiger partial charge in [0.05, 0.1) is 11.5 Å². The van der Waals surface area contributed by atoms with Crippen LogP contribution < -0.4 is 0 Å². The largest absolute Gasteiger partial charge is 0.459 e. The van der Waals surface area contributed by atoms with Gasteiger partial charge in [-0.05, 0) is 31.6 Å². The molecule has 4 unspecified atom stereocenters. The Bertz CT molecular complexity index is 643. The molecular formula is C19H25NO4S. The summed E-state index contributed by atoms with van der Waals surface area (Å²) in [5.74, 6) is -0.0488. The Balaban J connectivity index is 1.72. The normalized spacial score (nSPS) is 28.5. The molecule has 0 spiro atoms. The second-order valence-electron chi connectivity index (χ2n) is 7.21. The highest BCUT2D eigenvalue weighted by atomic mass is 32.2. The van der Waals surface area contributed by atoms with Crippen LogP contribution in [0.5, 0.6) is 0 Å². The fraction of sp³-hybridized carbons (Fsp3) is 0.579. The molecule has 0 radical (unpaired) electrons. The lowest BCUT2D eigenvalue weighted by Gasteiger charge is -2.49. The van der Waals surface area contributed by atoms with Crippen LogP contribution in [0.4, 0.5) is 0 Å². The number of carbonyl (C=O) groups is 2. The van der Waals surface area contributed by atoms with E-state index in [2.05, 4.69) is 0 Å². The van der Waals surface area contributed by atoms with Crippen LogP contribution in [0.3, 0.4) is 0 Å². The first kappa shape index (κ1) is 18.3. The van der Waals surface area contributed by atoms with Crippen molar-refractivity contribution in [2.24, 2.45) is 5.92 Å². The van der Waals surface area contributed by atoms with E-state index in [1.165, 1.54) is 0 Å². The SMILES string of the molecule is CCSC1CC2C(C(C)(C)O)C(=O)N2C1C(=O)OCc1ccccc1. The van der Waals surface area contributed by atoms with E-state index in [1.807, 2.05) is 37.3 Å². The molecule has 2 aliphatic heterocycles. The Morgan fingerprint density at radius 3 is 2.64 bits per heavy atom. The van der Waals surface area contributed by atoms with Gasteiger partial charge in [0.2, 0.25) is 5.91 Å². The van der Waals surface area contributed by atoms with Crippen LogP contribution in [0.15, 0.2) is 30.3 Å². The molecule has 4 atom stereocenters. The Labute approximate surface area is 152 Å². The number of hydrogen-bond donors (Lipinski definition) is 1. The van der Waals surface area contributed by atoms with Crippen molar-refractivity contribution < 1.29 is 19.4 Å². The number of hydrogen-bond acceptors (Lipinski definition) is 5. The third-order valence-electron chi connectivity index (χ3n) is 5.00. The van der Waals surface area contributed by atoms with E-state index in [4.69, 9.17) is 4.74 Å². The molecule has 136 valence electrons. The summed E-state index contributed by atoms with van der Waals surface area (Å²) in [5, 5.41) is 10.3. The predicted octanol–water partition coefficient (Wildman–Crippen LogP) is 2.22. The van der Waals surface area contributed by atoms with E-state index in [-0.39, 0.29) is 29.8 Å². The number of nitrogens with zero attached hydrogens (tertiary/aromatic N) is 1. The molecule has 25 heavy (non-hydrogen) atoms. The van der Waals surface area contributed by atoms with E-state index in [1.54, 1.807) is 30.5 Å². The molecule has 2 saturated heterocycles. The lowest BCUT2D eigenvalue weighted by molar-refractivity contribution is -0.179. The Morgan fingerprint density at radius 1 is 1.36 bits per heavy atom. The van der Waals surface area contributed by atoms with Gasteiger partial charge in [0.25, 0.3) is 0 Å². The van der Waals surface area contributed by atoms with Crippen molar-refractivity contribution in [3.63, 3.8) is 0 Å². The zero-order valence-electron chi connectivity index (χ0n) is 14.8. The molecule has 5 nitrogen and oxygen atoms in total. The second kappa shape index (κ2) is 7.00. The first-order valence-electron chi connectivity index (χ1n) is 8.71. The topological polar surface area (TPSA) is 66.8 Å². The summed E-state index contributed by atoms with van der Waals surface area (Å²) in [5.41, 5.74) is -0.142. The van der Waals surface area contributed by atoms with E-state index in [0.29, 0.717) is 0 Å². The summed E-state index contributed by atoms with van der Waals surface area (Å²) in [6.45, 7) is 5.58.